The lowest BCUT2D eigenvalue weighted by Crippen LogP contribution is -2.03. The van der Waals surface area contributed by atoms with Gasteiger partial charge in [-0.15, -0.1) is 10.2 Å². The lowest BCUT2D eigenvalue weighted by molar-refractivity contribution is 0.881. The Bertz CT molecular complexity index is 453. The number of nitriles is 1. The molecule has 0 aromatic carbocycles. The molecule has 0 amide bonds. The summed E-state index contributed by atoms with van der Waals surface area (Å²) in [7, 11) is 0. The lowest BCUT2D eigenvalue weighted by Gasteiger charge is -2.00. The van der Waals surface area contributed by atoms with Crippen molar-refractivity contribution in [2.24, 2.45) is 0 Å². The topological polar surface area (TPSA) is 116 Å². The second-order valence-corrected chi connectivity index (χ2v) is 2.58. The van der Waals surface area contributed by atoms with Gasteiger partial charge < -0.3 is 5.32 Å². The van der Waals surface area contributed by atoms with Crippen LogP contribution in [-0.2, 0) is 6.54 Å². The molecule has 2 aromatic heterocycles. The molecule has 2 aromatic rings. The van der Waals surface area contributed by atoms with E-state index in [-0.39, 0.29) is 5.69 Å². The summed E-state index contributed by atoms with van der Waals surface area (Å²) in [6, 6.07) is 1.88. The SMILES string of the molecule is N#Cc1cnc(NCc2nn[nH]n2)cn1. The highest BCUT2D eigenvalue weighted by molar-refractivity contribution is 5.33. The van der Waals surface area contributed by atoms with Gasteiger partial charge in [-0.3, -0.25) is 0 Å². The van der Waals surface area contributed by atoms with Crippen LogP contribution in [0.3, 0.4) is 0 Å². The number of nitrogens with zero attached hydrogens (tertiary/aromatic N) is 6. The third kappa shape index (κ3) is 2.22. The fraction of sp³-hybridized carbons (Fsp3) is 0.143. The van der Waals surface area contributed by atoms with Crippen molar-refractivity contribution in [3.63, 3.8) is 0 Å². The van der Waals surface area contributed by atoms with Gasteiger partial charge in [0.05, 0.1) is 18.9 Å². The first-order chi connectivity index (χ1) is 7.38. The molecule has 0 saturated carbocycles. The van der Waals surface area contributed by atoms with E-state index in [9.17, 15) is 0 Å². The molecule has 15 heavy (non-hydrogen) atoms. The van der Waals surface area contributed by atoms with Gasteiger partial charge in [-0.25, -0.2) is 9.97 Å². The van der Waals surface area contributed by atoms with Gasteiger partial charge in [0.15, 0.2) is 11.5 Å². The van der Waals surface area contributed by atoms with Crippen molar-refractivity contribution in [2.75, 3.05) is 5.32 Å². The molecule has 0 aliphatic heterocycles. The highest BCUT2D eigenvalue weighted by atomic mass is 15.5. The third-order valence-electron chi connectivity index (χ3n) is 1.58. The maximum absolute atomic E-state index is 8.50. The summed E-state index contributed by atoms with van der Waals surface area (Å²) in [4.78, 5) is 7.81. The summed E-state index contributed by atoms with van der Waals surface area (Å²) in [5.74, 6) is 1.08. The molecule has 74 valence electrons. The Morgan fingerprint density at radius 3 is 2.93 bits per heavy atom. The maximum atomic E-state index is 8.50. The van der Waals surface area contributed by atoms with Gasteiger partial charge in [0, 0.05) is 0 Å². The number of tetrazole rings is 1. The van der Waals surface area contributed by atoms with Crippen molar-refractivity contribution in [2.45, 2.75) is 6.54 Å². The fourth-order valence-electron chi connectivity index (χ4n) is 0.904. The van der Waals surface area contributed by atoms with Gasteiger partial charge in [-0.05, 0) is 0 Å². The summed E-state index contributed by atoms with van der Waals surface area (Å²) < 4.78 is 0. The van der Waals surface area contributed by atoms with Crippen LogP contribution in [0.25, 0.3) is 0 Å². The van der Waals surface area contributed by atoms with E-state index < -0.39 is 0 Å². The van der Waals surface area contributed by atoms with Crippen LogP contribution < -0.4 is 5.32 Å². The molecular formula is C7H6N8. The molecule has 8 nitrogen and oxygen atoms in total. The van der Waals surface area contributed by atoms with E-state index in [1.54, 1.807) is 0 Å². The molecule has 0 atom stereocenters. The first kappa shape index (κ1) is 9.01. The highest BCUT2D eigenvalue weighted by Crippen LogP contribution is 2.01. The van der Waals surface area contributed by atoms with Crippen LogP contribution in [0.4, 0.5) is 5.82 Å². The predicted octanol–water partition coefficient (Wildman–Crippen LogP) is -0.527. The van der Waals surface area contributed by atoms with E-state index in [0.29, 0.717) is 18.2 Å². The molecule has 2 heterocycles. The number of hydrogen-bond acceptors (Lipinski definition) is 7. The van der Waals surface area contributed by atoms with Gasteiger partial charge in [-0.1, -0.05) is 5.21 Å². The number of aromatic nitrogens is 6. The molecule has 0 spiro atoms. The zero-order valence-electron chi connectivity index (χ0n) is 7.55. The molecule has 0 fully saturated rings. The molecule has 0 bridgehead atoms. The Morgan fingerprint density at radius 1 is 1.40 bits per heavy atom. The number of anilines is 1. The van der Waals surface area contributed by atoms with Crippen LogP contribution in [0.1, 0.15) is 11.5 Å². The van der Waals surface area contributed by atoms with Gasteiger partial charge in [-0.2, -0.15) is 10.5 Å². The Morgan fingerprint density at radius 2 is 2.33 bits per heavy atom. The van der Waals surface area contributed by atoms with E-state index >= 15 is 0 Å². The quantitative estimate of drug-likeness (QED) is 0.687. The Labute approximate surface area is 84.4 Å². The Kier molecular flexibility index (Phi) is 2.46. The fourth-order valence-corrected chi connectivity index (χ4v) is 0.904. The van der Waals surface area contributed by atoms with E-state index in [1.165, 1.54) is 12.4 Å². The summed E-state index contributed by atoms with van der Waals surface area (Å²) >= 11 is 0. The van der Waals surface area contributed by atoms with Crippen molar-refractivity contribution in [1.29, 1.82) is 5.26 Å². The van der Waals surface area contributed by atoms with Crippen molar-refractivity contribution in [1.82, 2.24) is 30.6 Å². The Hall–Kier alpha value is -2.56. The average molecular weight is 202 g/mol. The molecule has 2 rings (SSSR count). The van der Waals surface area contributed by atoms with E-state index in [0.717, 1.165) is 0 Å². The molecule has 8 heteroatoms. The number of nitrogens with one attached hydrogen (secondary N) is 2. The molecule has 0 unspecified atom stereocenters. The van der Waals surface area contributed by atoms with Gasteiger partial charge in [0.25, 0.3) is 0 Å². The van der Waals surface area contributed by atoms with E-state index in [4.69, 9.17) is 5.26 Å². The van der Waals surface area contributed by atoms with Crippen LogP contribution in [0.15, 0.2) is 12.4 Å². The van der Waals surface area contributed by atoms with Gasteiger partial charge in [0.2, 0.25) is 0 Å². The van der Waals surface area contributed by atoms with E-state index in [1.807, 2.05) is 6.07 Å². The molecule has 0 aliphatic carbocycles. The molecule has 0 radical (unpaired) electrons. The third-order valence-corrected chi connectivity index (χ3v) is 1.58. The first-order valence-electron chi connectivity index (χ1n) is 4.07. The van der Waals surface area contributed by atoms with Crippen molar-refractivity contribution >= 4 is 5.82 Å². The summed E-state index contributed by atoms with van der Waals surface area (Å²) in [5, 5.41) is 24.7. The smallest absolute Gasteiger partial charge is 0.193 e. The Balaban J connectivity index is 1.97. The van der Waals surface area contributed by atoms with Crippen LogP contribution in [0.2, 0.25) is 0 Å². The summed E-state index contributed by atoms with van der Waals surface area (Å²) in [6.07, 6.45) is 2.86. The zero-order chi connectivity index (χ0) is 10.5. The number of hydrogen-bond donors (Lipinski definition) is 2. The van der Waals surface area contributed by atoms with E-state index in [2.05, 4.69) is 35.9 Å². The number of rotatable bonds is 3. The largest absolute Gasteiger partial charge is 0.361 e. The minimum Gasteiger partial charge on any atom is -0.361 e. The van der Waals surface area contributed by atoms with Crippen molar-refractivity contribution in [3.8, 4) is 6.07 Å². The first-order valence-corrected chi connectivity index (χ1v) is 4.07. The minimum atomic E-state index is 0.278. The lowest BCUT2D eigenvalue weighted by atomic mass is 10.5. The minimum absolute atomic E-state index is 0.278. The van der Waals surface area contributed by atoms with Crippen molar-refractivity contribution in [3.05, 3.63) is 23.9 Å². The second-order valence-electron chi connectivity index (χ2n) is 2.58. The molecule has 0 aliphatic rings. The monoisotopic (exact) mass is 202 g/mol. The van der Waals surface area contributed by atoms with Gasteiger partial charge >= 0.3 is 0 Å². The maximum Gasteiger partial charge on any atom is 0.193 e. The summed E-state index contributed by atoms with van der Waals surface area (Å²) in [6.45, 7) is 0.400. The number of H-pyrrole nitrogens is 1. The predicted molar refractivity (Wildman–Crippen MR) is 48.3 cm³/mol. The standard InChI is InChI=1S/C7H6N8/c8-1-5-2-10-6(3-9-5)11-4-7-12-14-15-13-7/h2-3H,4H2,(H,10,11)(H,12,13,14,15). The van der Waals surface area contributed by atoms with Crippen LogP contribution in [-0.4, -0.2) is 30.6 Å². The van der Waals surface area contributed by atoms with Crippen LogP contribution >= 0.6 is 0 Å². The summed E-state index contributed by atoms with van der Waals surface area (Å²) in [5.41, 5.74) is 0.278. The number of aromatic amines is 1. The average Bonchev–Trinajstić information content (AvgIpc) is 2.80. The van der Waals surface area contributed by atoms with Crippen molar-refractivity contribution < 1.29 is 0 Å². The van der Waals surface area contributed by atoms with Crippen LogP contribution in [0, 0.1) is 11.3 Å². The zero-order valence-corrected chi connectivity index (χ0v) is 7.55. The molecule has 2 N–H and O–H groups in total. The van der Waals surface area contributed by atoms with Crippen LogP contribution in [0.5, 0.6) is 0 Å². The van der Waals surface area contributed by atoms with Gasteiger partial charge in [0.1, 0.15) is 11.9 Å². The molecule has 0 saturated heterocycles. The molecular weight excluding hydrogens is 196 g/mol. The normalized spacial score (nSPS) is 9.53. The second kappa shape index (κ2) is 4.10. The highest BCUT2D eigenvalue weighted by Gasteiger charge is 1.99.